The van der Waals surface area contributed by atoms with E-state index in [0.29, 0.717) is 56.4 Å². The van der Waals surface area contributed by atoms with Crippen LogP contribution in [-0.4, -0.2) is 84.3 Å². The van der Waals surface area contributed by atoms with E-state index in [1.807, 2.05) is 32.0 Å². The number of β-amino-alcohol motifs (C(OH)–C–C–N with tert-alkyl or cyclic N) is 1. The normalized spacial score (nSPS) is 22.6. The Morgan fingerprint density at radius 3 is 2.53 bits per heavy atom. The Balaban J connectivity index is 1.27. The smallest absolute Gasteiger partial charge is 0.318 e. The molecule has 5 heterocycles. The van der Waals surface area contributed by atoms with E-state index in [4.69, 9.17) is 24.2 Å². The quantitative estimate of drug-likeness (QED) is 0.238. The fourth-order valence-electron chi connectivity index (χ4n) is 8.24. The molecule has 0 unspecified atom stereocenters. The van der Waals surface area contributed by atoms with Crippen LogP contribution in [0.3, 0.4) is 0 Å². The van der Waals surface area contributed by atoms with Crippen molar-refractivity contribution in [3.63, 3.8) is 0 Å². The van der Waals surface area contributed by atoms with Crippen LogP contribution in [0.2, 0.25) is 0 Å². The summed E-state index contributed by atoms with van der Waals surface area (Å²) in [5.41, 5.74) is 5.01. The zero-order valence-corrected chi connectivity index (χ0v) is 27.9. The van der Waals surface area contributed by atoms with Gasteiger partial charge in [-0.15, -0.1) is 0 Å². The van der Waals surface area contributed by atoms with Gasteiger partial charge in [-0.3, -0.25) is 4.90 Å². The Morgan fingerprint density at radius 1 is 1.02 bits per heavy atom. The summed E-state index contributed by atoms with van der Waals surface area (Å²) in [6, 6.07) is 7.63. The van der Waals surface area contributed by atoms with Crippen LogP contribution in [0.15, 0.2) is 48.6 Å². The third-order valence-electron chi connectivity index (χ3n) is 10.3. The maximum Gasteiger partial charge on any atom is 0.318 e. The lowest BCUT2D eigenvalue weighted by atomic mass is 9.92. The van der Waals surface area contributed by atoms with Crippen LogP contribution in [0.4, 0.5) is 15.9 Å². The van der Waals surface area contributed by atoms with Crippen molar-refractivity contribution in [1.29, 1.82) is 0 Å². The molecular weight excluding hydrogens is 597 g/mol. The zero-order chi connectivity index (χ0) is 32.9. The molecule has 1 aromatic heterocycles. The molecule has 1 N–H and O–H groups in total. The van der Waals surface area contributed by atoms with Gasteiger partial charge in [0.25, 0.3) is 0 Å². The molecule has 2 aromatic carbocycles. The number of aryl methyl sites for hydroxylation is 1. The highest BCUT2D eigenvalue weighted by molar-refractivity contribution is 5.98. The Kier molecular flexibility index (Phi) is 8.39. The molecule has 3 fully saturated rings. The average molecular weight is 644 g/mol. The summed E-state index contributed by atoms with van der Waals surface area (Å²) >= 11 is 0. The van der Waals surface area contributed by atoms with E-state index in [2.05, 4.69) is 27.9 Å². The van der Waals surface area contributed by atoms with Crippen molar-refractivity contribution in [3.05, 3.63) is 71.2 Å². The second-order valence-corrected chi connectivity index (χ2v) is 14.1. The van der Waals surface area contributed by atoms with Gasteiger partial charge in [0.05, 0.1) is 23.4 Å². The summed E-state index contributed by atoms with van der Waals surface area (Å²) < 4.78 is 32.8. The molecule has 3 saturated heterocycles. The number of hydrogen-bond acceptors (Lipinski definition) is 9. The molecule has 4 aliphatic rings. The lowest BCUT2D eigenvalue weighted by Gasteiger charge is -2.40. The van der Waals surface area contributed by atoms with Crippen molar-refractivity contribution in [2.45, 2.75) is 70.1 Å². The number of halogens is 1. The van der Waals surface area contributed by atoms with E-state index in [9.17, 15) is 5.11 Å². The summed E-state index contributed by atoms with van der Waals surface area (Å²) in [6.07, 6.45) is 4.64. The Hall–Kier alpha value is -3.73. The number of hydrogen-bond donors (Lipinski definition) is 1. The van der Waals surface area contributed by atoms with E-state index >= 15 is 4.39 Å². The predicted molar refractivity (Wildman–Crippen MR) is 182 cm³/mol. The van der Waals surface area contributed by atoms with Gasteiger partial charge in [-0.25, -0.2) is 4.39 Å². The van der Waals surface area contributed by atoms with Gasteiger partial charge >= 0.3 is 6.01 Å². The third-order valence-corrected chi connectivity index (χ3v) is 10.3. The zero-order valence-electron chi connectivity index (χ0n) is 27.9. The van der Waals surface area contributed by atoms with Crippen molar-refractivity contribution < 1.29 is 23.7 Å². The van der Waals surface area contributed by atoms with Crippen LogP contribution in [0.5, 0.6) is 11.8 Å². The highest BCUT2D eigenvalue weighted by Gasteiger charge is 2.48. The number of ether oxygens (including phenoxy) is 3. The van der Waals surface area contributed by atoms with Gasteiger partial charge in [0.15, 0.2) is 6.79 Å². The second-order valence-electron chi connectivity index (χ2n) is 14.1. The number of fused-ring (bicyclic) bond motifs is 3. The SMILES string of the molecule is C=C1CN2CC(=C)CC2(COc2nc3c(c(N4CCC[C@@](C)(O)C4)n2)CCN(c2cc(OCOC)cc4ccc(F)c(CC)c24)C3)C1. The van der Waals surface area contributed by atoms with Gasteiger partial charge < -0.3 is 29.1 Å². The molecule has 0 radical (unpaired) electrons. The number of piperidine rings is 1. The standard InChI is InChI=1S/C37H46FN5O4/c1-6-28-30(38)9-8-26-14-27(47-23-45-5)15-32(33(26)28)41-13-10-29-31(20-41)39-35(40-34(29)42-12-7-11-36(4,44)21-42)46-22-37-16-24(2)18-43(37)19-25(3)17-37/h8-9,14-15,44H,2-3,6-7,10-13,16-23H2,1,4-5H3/t36-/m1/s1. The lowest BCUT2D eigenvalue weighted by Crippen LogP contribution is -2.47. The van der Waals surface area contributed by atoms with Crippen molar-refractivity contribution in [1.82, 2.24) is 14.9 Å². The second kappa shape index (κ2) is 12.4. The number of methoxy groups -OCH3 is 1. The molecule has 0 saturated carbocycles. The molecule has 10 heteroatoms. The number of rotatable bonds is 9. The highest BCUT2D eigenvalue weighted by atomic mass is 19.1. The first-order valence-electron chi connectivity index (χ1n) is 16.8. The largest absolute Gasteiger partial charge is 0.467 e. The number of nitrogens with zero attached hydrogens (tertiary/aromatic N) is 5. The van der Waals surface area contributed by atoms with Gasteiger partial charge in [0.1, 0.15) is 24.0 Å². The molecule has 7 rings (SSSR count). The van der Waals surface area contributed by atoms with E-state index in [1.165, 1.54) is 17.2 Å². The van der Waals surface area contributed by atoms with E-state index < -0.39 is 5.60 Å². The molecular formula is C37H46FN5O4. The molecule has 4 aliphatic heterocycles. The van der Waals surface area contributed by atoms with Gasteiger partial charge in [-0.05, 0) is 68.5 Å². The van der Waals surface area contributed by atoms with Gasteiger partial charge in [0.2, 0.25) is 0 Å². The van der Waals surface area contributed by atoms with Gasteiger partial charge in [0, 0.05) is 62.5 Å². The summed E-state index contributed by atoms with van der Waals surface area (Å²) in [6.45, 7) is 17.2. The van der Waals surface area contributed by atoms with Crippen LogP contribution in [0.1, 0.15) is 56.4 Å². The first kappa shape index (κ1) is 31.8. The highest BCUT2D eigenvalue weighted by Crippen LogP contribution is 2.43. The molecule has 0 bridgehead atoms. The Bertz CT molecular complexity index is 1700. The molecule has 0 amide bonds. The first-order chi connectivity index (χ1) is 22.6. The minimum Gasteiger partial charge on any atom is -0.467 e. The maximum absolute atomic E-state index is 15.2. The van der Waals surface area contributed by atoms with E-state index in [-0.39, 0.29) is 18.1 Å². The Morgan fingerprint density at radius 2 is 1.81 bits per heavy atom. The van der Waals surface area contributed by atoms with Gasteiger partial charge in [-0.1, -0.05) is 37.3 Å². The van der Waals surface area contributed by atoms with Crippen LogP contribution in [0.25, 0.3) is 10.8 Å². The number of aliphatic hydroxyl groups is 1. The number of anilines is 2. The van der Waals surface area contributed by atoms with Gasteiger partial charge in [-0.2, -0.15) is 9.97 Å². The average Bonchev–Trinajstić information content (AvgIpc) is 3.51. The lowest BCUT2D eigenvalue weighted by molar-refractivity contribution is 0.0445. The van der Waals surface area contributed by atoms with Crippen LogP contribution >= 0.6 is 0 Å². The first-order valence-corrected chi connectivity index (χ1v) is 16.8. The predicted octanol–water partition coefficient (Wildman–Crippen LogP) is 5.57. The number of benzene rings is 2. The van der Waals surface area contributed by atoms with E-state index in [1.54, 1.807) is 7.11 Å². The molecule has 1 atom stereocenters. The Labute approximate surface area is 276 Å². The minimum absolute atomic E-state index is 0.117. The molecule has 250 valence electrons. The van der Waals surface area contributed by atoms with Crippen LogP contribution < -0.4 is 19.3 Å². The summed E-state index contributed by atoms with van der Waals surface area (Å²) in [5.74, 6) is 1.30. The van der Waals surface area contributed by atoms with E-state index in [0.717, 1.165) is 78.9 Å². The van der Waals surface area contributed by atoms with Crippen molar-refractivity contribution in [2.24, 2.45) is 0 Å². The van der Waals surface area contributed by atoms with Crippen molar-refractivity contribution >= 4 is 22.3 Å². The molecule has 0 aliphatic carbocycles. The summed E-state index contributed by atoms with van der Waals surface area (Å²) in [5, 5.41) is 12.8. The van der Waals surface area contributed by atoms with Crippen LogP contribution in [0, 0.1) is 5.82 Å². The fourth-order valence-corrected chi connectivity index (χ4v) is 8.24. The third kappa shape index (κ3) is 6.07. The van der Waals surface area contributed by atoms with Crippen LogP contribution in [-0.2, 0) is 24.1 Å². The topological polar surface area (TPSA) is 83.4 Å². The molecule has 0 spiro atoms. The fraction of sp³-hybridized carbons (Fsp3) is 0.514. The van der Waals surface area contributed by atoms with Crippen molar-refractivity contribution in [3.8, 4) is 11.8 Å². The molecule has 3 aromatic rings. The van der Waals surface area contributed by atoms with Crippen molar-refractivity contribution in [2.75, 3.05) is 63.0 Å². The number of aromatic nitrogens is 2. The summed E-state index contributed by atoms with van der Waals surface area (Å²) in [4.78, 5) is 17.0. The maximum atomic E-state index is 15.2. The molecule has 47 heavy (non-hydrogen) atoms. The minimum atomic E-state index is -0.798. The monoisotopic (exact) mass is 643 g/mol. The molecule has 9 nitrogen and oxygen atoms in total. The summed E-state index contributed by atoms with van der Waals surface area (Å²) in [7, 11) is 1.59.